The monoisotopic (exact) mass is 588 g/mol. The van der Waals surface area contributed by atoms with Crippen molar-refractivity contribution >= 4 is 41.1 Å². The number of likely N-dealkylation sites (tertiary alicyclic amines) is 2. The van der Waals surface area contributed by atoms with E-state index in [0.29, 0.717) is 18.3 Å². The number of imidazole rings is 1. The molecule has 3 N–H and O–H groups in total. The second-order valence-electron chi connectivity index (χ2n) is 9.40. The smallest absolute Gasteiger partial charge is 0.227 e. The molecule has 4 heterocycles. The van der Waals surface area contributed by atoms with E-state index in [4.69, 9.17) is 4.79 Å². The largest absolute Gasteiger partial charge is 0.350 e. The molecule has 0 aromatic carbocycles. The number of H-pyrrole nitrogens is 1. The van der Waals surface area contributed by atoms with Crippen LogP contribution in [0.2, 0.25) is 0 Å². The van der Waals surface area contributed by atoms with E-state index in [-0.39, 0.29) is 5.91 Å². The molecule has 0 unspecified atom stereocenters. The number of nitrogens with one attached hydrogen (secondary N) is 1. The summed E-state index contributed by atoms with van der Waals surface area (Å²) in [6, 6.07) is 0. The molecule has 2 aromatic heterocycles. The Hall–Kier alpha value is -2.98. The van der Waals surface area contributed by atoms with Crippen LogP contribution in [0.15, 0.2) is 35.7 Å². The van der Waals surface area contributed by atoms with Gasteiger partial charge >= 0.3 is 0 Å². The summed E-state index contributed by atoms with van der Waals surface area (Å²) in [5, 5.41) is 0. The highest BCUT2D eigenvalue weighted by molar-refractivity contribution is 9.11. The molecule has 1 aliphatic carbocycles. The lowest BCUT2D eigenvalue weighted by Gasteiger charge is -2.37. The summed E-state index contributed by atoms with van der Waals surface area (Å²) in [4.78, 5) is 43.4. The Morgan fingerprint density at radius 1 is 1.24 bits per heavy atom. The zero-order chi connectivity index (χ0) is 28.1. The third-order valence-electron chi connectivity index (χ3n) is 6.90. The lowest BCUT2D eigenvalue weighted by molar-refractivity contribution is -0.131. The topological polar surface area (TPSA) is 117 Å². The van der Waals surface area contributed by atoms with E-state index in [1.165, 1.54) is 22.8 Å². The molecule has 10 heteroatoms. The molecule has 2 amide bonds. The third kappa shape index (κ3) is 8.01. The molecule has 0 atom stereocenters. The first-order valence-corrected chi connectivity index (χ1v) is 13.8. The summed E-state index contributed by atoms with van der Waals surface area (Å²) in [5.74, 6) is 2.17. The number of fused-ring (bicyclic) bond motifs is 1. The molecule has 2 aliphatic heterocycles. The Balaban J connectivity index is 0.000000665. The summed E-state index contributed by atoms with van der Waals surface area (Å²) in [7, 11) is 1.50. The normalized spacial score (nSPS) is 16.7. The molecule has 2 aromatic rings. The number of carbonyl (C=O) groups is 3. The van der Waals surface area contributed by atoms with Crippen LogP contribution in [0.25, 0.3) is 6.08 Å². The number of amides is 2. The van der Waals surface area contributed by atoms with Crippen LogP contribution < -0.4 is 5.73 Å². The fraction of sp³-hybridized carbons (Fsp3) is 0.500. The predicted octanol–water partition coefficient (Wildman–Crippen LogP) is 3.51. The van der Waals surface area contributed by atoms with Crippen LogP contribution in [0.4, 0.5) is 0 Å². The van der Waals surface area contributed by atoms with E-state index < -0.39 is 0 Å². The highest BCUT2D eigenvalue weighted by Crippen LogP contribution is 2.33. The Kier molecular flexibility index (Phi) is 13.2. The van der Waals surface area contributed by atoms with Crippen molar-refractivity contribution < 1.29 is 14.4 Å². The summed E-state index contributed by atoms with van der Waals surface area (Å²) < 4.78 is 3.53. The van der Waals surface area contributed by atoms with Crippen molar-refractivity contribution in [2.24, 2.45) is 11.7 Å². The second-order valence-corrected chi connectivity index (χ2v) is 10.4. The maximum Gasteiger partial charge on any atom is 0.227 e. The summed E-state index contributed by atoms with van der Waals surface area (Å²) in [6.45, 7) is 11.4. The molecule has 2 fully saturated rings. The van der Waals surface area contributed by atoms with Crippen molar-refractivity contribution in [1.82, 2.24) is 24.3 Å². The van der Waals surface area contributed by atoms with Gasteiger partial charge in [-0.15, -0.1) is 6.58 Å². The fourth-order valence-corrected chi connectivity index (χ4v) is 5.59. The second kappa shape index (κ2) is 16.1. The number of hydrogen-bond acceptors (Lipinski definition) is 5. The third-order valence-corrected chi connectivity index (χ3v) is 7.53. The molecular formula is C28H41BrN6O3. The number of aromatic nitrogens is 3. The van der Waals surface area contributed by atoms with Crippen molar-refractivity contribution in [3.8, 4) is 0 Å². The van der Waals surface area contributed by atoms with Gasteiger partial charge in [-0.1, -0.05) is 22.0 Å². The quantitative estimate of drug-likeness (QED) is 0.395. The number of hydrogen-bond donors (Lipinski definition) is 2. The Bertz CT molecular complexity index is 1050. The van der Waals surface area contributed by atoms with E-state index in [9.17, 15) is 9.59 Å². The lowest BCUT2D eigenvalue weighted by Crippen LogP contribution is -2.47. The number of halogens is 1. The lowest BCUT2D eigenvalue weighted by atomic mass is 9.95. The first-order chi connectivity index (χ1) is 18.5. The maximum absolute atomic E-state index is 13.1. The van der Waals surface area contributed by atoms with Gasteiger partial charge < -0.3 is 29.9 Å². The van der Waals surface area contributed by atoms with Crippen molar-refractivity contribution in [3.05, 3.63) is 58.4 Å². The van der Waals surface area contributed by atoms with Gasteiger partial charge in [0.25, 0.3) is 0 Å². The number of piperidine rings is 1. The molecule has 0 bridgehead atoms. The van der Waals surface area contributed by atoms with Crippen LogP contribution in [0, 0.1) is 5.92 Å². The number of nitrogens with zero attached hydrogens (tertiary/aromatic N) is 4. The van der Waals surface area contributed by atoms with Crippen LogP contribution in [0.3, 0.4) is 0 Å². The first kappa shape index (κ1) is 31.2. The SMILES string of the molecule is C=CC.C=O.CN.O=CN1CC(Cn2cc(CC(=O)N3CCC(c4ncc[nH]4)CC3)c3c2CCC(Br)=C3)C1. The maximum atomic E-state index is 13.1. The van der Waals surface area contributed by atoms with E-state index in [2.05, 4.69) is 55.1 Å². The molecule has 208 valence electrons. The fourth-order valence-electron chi connectivity index (χ4n) is 5.17. The van der Waals surface area contributed by atoms with Gasteiger partial charge in [-0.3, -0.25) is 9.59 Å². The molecular weight excluding hydrogens is 548 g/mol. The van der Waals surface area contributed by atoms with Gasteiger partial charge in [0.2, 0.25) is 12.3 Å². The van der Waals surface area contributed by atoms with Gasteiger partial charge in [0.15, 0.2) is 0 Å². The first-order valence-electron chi connectivity index (χ1n) is 13.0. The highest BCUT2D eigenvalue weighted by Gasteiger charge is 2.29. The molecule has 2 saturated heterocycles. The summed E-state index contributed by atoms with van der Waals surface area (Å²) >= 11 is 3.66. The summed E-state index contributed by atoms with van der Waals surface area (Å²) in [6.07, 6.45) is 15.1. The molecule has 0 radical (unpaired) electrons. The van der Waals surface area contributed by atoms with Crippen LogP contribution in [0.5, 0.6) is 0 Å². The summed E-state index contributed by atoms with van der Waals surface area (Å²) in [5.41, 5.74) is 8.16. The van der Waals surface area contributed by atoms with Crippen LogP contribution in [-0.4, -0.2) is 76.7 Å². The Labute approximate surface area is 234 Å². The van der Waals surface area contributed by atoms with Gasteiger partial charge in [-0.25, -0.2) is 4.98 Å². The molecule has 38 heavy (non-hydrogen) atoms. The molecule has 5 rings (SSSR count). The van der Waals surface area contributed by atoms with E-state index in [0.717, 1.165) is 76.2 Å². The number of rotatable bonds is 6. The minimum Gasteiger partial charge on any atom is -0.350 e. The van der Waals surface area contributed by atoms with Crippen LogP contribution >= 0.6 is 15.9 Å². The Morgan fingerprint density at radius 2 is 1.89 bits per heavy atom. The number of aromatic amines is 1. The number of nitrogens with two attached hydrogens (primary N) is 1. The number of allylic oxidation sites excluding steroid dienone is 2. The Morgan fingerprint density at radius 3 is 2.47 bits per heavy atom. The average Bonchev–Trinajstić information content (AvgIpc) is 3.58. The highest BCUT2D eigenvalue weighted by atomic mass is 79.9. The van der Waals surface area contributed by atoms with Crippen molar-refractivity contribution in [1.29, 1.82) is 0 Å². The average molecular weight is 590 g/mol. The van der Waals surface area contributed by atoms with E-state index in [1.54, 1.807) is 12.3 Å². The minimum atomic E-state index is 0.212. The molecule has 9 nitrogen and oxygen atoms in total. The van der Waals surface area contributed by atoms with Crippen molar-refractivity contribution in [3.63, 3.8) is 0 Å². The minimum absolute atomic E-state index is 0.212. The van der Waals surface area contributed by atoms with Gasteiger partial charge in [-0.05, 0) is 61.3 Å². The van der Waals surface area contributed by atoms with Gasteiger partial charge in [-0.2, -0.15) is 0 Å². The number of carbonyl (C=O) groups excluding carboxylic acids is 3. The van der Waals surface area contributed by atoms with Crippen molar-refractivity contribution in [2.45, 2.75) is 51.5 Å². The zero-order valence-corrected chi connectivity index (χ0v) is 24.2. The van der Waals surface area contributed by atoms with Crippen LogP contribution in [-0.2, 0) is 33.8 Å². The standard InChI is InChI=1S/C23H28BrN5O2.C3H6.CH5N.CH2O/c24-19-1-2-21-20(10-19)18(14-29(21)13-16-11-27(12-16)15-30)9-22(31)28-7-3-17(4-8-28)23-25-5-6-26-23;1-3-2;2*1-2/h5-6,10,14-17H,1-4,7-9,11-13H2,(H,25,26);3H,1H2,2H3;2H2,1H3;1H2. The van der Waals surface area contributed by atoms with Crippen LogP contribution in [0.1, 0.15) is 54.7 Å². The van der Waals surface area contributed by atoms with Crippen molar-refractivity contribution in [2.75, 3.05) is 33.2 Å². The van der Waals surface area contributed by atoms with E-state index in [1.807, 2.05) is 29.7 Å². The predicted molar refractivity (Wildman–Crippen MR) is 155 cm³/mol. The van der Waals surface area contributed by atoms with E-state index >= 15 is 0 Å². The molecule has 3 aliphatic rings. The van der Waals surface area contributed by atoms with Gasteiger partial charge in [0, 0.05) is 68.8 Å². The van der Waals surface area contributed by atoms with Gasteiger partial charge in [0.05, 0.1) is 6.42 Å². The molecule has 0 saturated carbocycles. The van der Waals surface area contributed by atoms with Gasteiger partial charge in [0.1, 0.15) is 12.6 Å². The molecule has 0 spiro atoms. The zero-order valence-electron chi connectivity index (χ0n) is 22.6.